The summed E-state index contributed by atoms with van der Waals surface area (Å²) in [6.07, 6.45) is 1.37. The van der Waals surface area contributed by atoms with Crippen molar-refractivity contribution in [3.8, 4) is 17.1 Å². The Labute approximate surface area is 224 Å². The molecular weight excluding hydrogens is 540 g/mol. The van der Waals surface area contributed by atoms with E-state index in [2.05, 4.69) is 14.7 Å². The molecule has 4 rings (SSSR count). The van der Waals surface area contributed by atoms with Gasteiger partial charge in [0.2, 0.25) is 10.0 Å². The SMILES string of the molecule is CC(Oc1nc(-c2ccc(NS(=O)(=O)CCN3CCC(O)CC3)cc2)cnc1N)c1c(F)ccc(F)c1Cl. The minimum absolute atomic E-state index is 0.0545. The van der Waals surface area contributed by atoms with Gasteiger partial charge in [-0.3, -0.25) is 4.72 Å². The molecule has 0 spiro atoms. The number of ether oxygens (including phenoxy) is 1. The van der Waals surface area contributed by atoms with E-state index in [9.17, 15) is 22.3 Å². The number of aromatic nitrogens is 2. The van der Waals surface area contributed by atoms with Gasteiger partial charge in [-0.05, 0) is 44.0 Å². The fourth-order valence-corrected chi connectivity index (χ4v) is 5.48. The number of sulfonamides is 1. The highest BCUT2D eigenvalue weighted by Crippen LogP contribution is 2.33. The van der Waals surface area contributed by atoms with Crippen molar-refractivity contribution < 1.29 is 27.0 Å². The minimum atomic E-state index is -3.57. The molecule has 0 amide bonds. The highest BCUT2D eigenvalue weighted by molar-refractivity contribution is 7.92. The Kier molecular flexibility index (Phi) is 8.66. The third kappa shape index (κ3) is 6.87. The Hall–Kier alpha value is -3.06. The number of likely N-dealkylation sites (tertiary alicyclic amines) is 1. The third-order valence-electron chi connectivity index (χ3n) is 6.23. The van der Waals surface area contributed by atoms with Crippen LogP contribution in [0.2, 0.25) is 5.02 Å². The standard InChI is InChI=1S/C25H28ClF2N5O4S/c1-15(22-19(27)6-7-20(28)23(22)26)37-25-24(29)30-14-21(31-25)16-2-4-17(5-3-16)32-38(35,36)13-12-33-10-8-18(34)9-11-33/h2-7,14-15,18,32,34H,8-13H2,1H3,(H2,29,30). The minimum Gasteiger partial charge on any atom is -0.467 e. The summed E-state index contributed by atoms with van der Waals surface area (Å²) in [5.74, 6) is -1.73. The van der Waals surface area contributed by atoms with Gasteiger partial charge in [-0.25, -0.2) is 27.2 Å². The number of hydrogen-bond acceptors (Lipinski definition) is 8. The maximum atomic E-state index is 14.3. The van der Waals surface area contributed by atoms with Gasteiger partial charge in [-0.15, -0.1) is 0 Å². The van der Waals surface area contributed by atoms with Crippen molar-refractivity contribution in [2.75, 3.05) is 35.8 Å². The van der Waals surface area contributed by atoms with E-state index in [1.807, 2.05) is 4.90 Å². The number of rotatable bonds is 9. The molecule has 0 saturated carbocycles. The van der Waals surface area contributed by atoms with Gasteiger partial charge in [0.05, 0.1) is 28.8 Å². The molecule has 13 heteroatoms. The van der Waals surface area contributed by atoms with Crippen molar-refractivity contribution in [2.24, 2.45) is 0 Å². The molecule has 1 saturated heterocycles. The lowest BCUT2D eigenvalue weighted by Gasteiger charge is -2.29. The smallest absolute Gasteiger partial charge is 0.258 e. The second kappa shape index (κ2) is 11.8. The lowest BCUT2D eigenvalue weighted by molar-refractivity contribution is 0.0856. The van der Waals surface area contributed by atoms with E-state index < -0.39 is 32.8 Å². The van der Waals surface area contributed by atoms with Gasteiger partial charge in [0.1, 0.15) is 17.7 Å². The maximum absolute atomic E-state index is 14.3. The molecule has 1 fully saturated rings. The zero-order chi connectivity index (χ0) is 27.4. The Balaban J connectivity index is 1.42. The predicted octanol–water partition coefficient (Wildman–Crippen LogP) is 4.00. The molecule has 38 heavy (non-hydrogen) atoms. The topological polar surface area (TPSA) is 131 Å². The zero-order valence-corrected chi connectivity index (χ0v) is 22.1. The molecule has 1 aliphatic rings. The number of aliphatic hydroxyl groups excluding tert-OH is 1. The first kappa shape index (κ1) is 28.0. The van der Waals surface area contributed by atoms with E-state index in [1.165, 1.54) is 13.1 Å². The molecule has 0 radical (unpaired) electrons. The van der Waals surface area contributed by atoms with E-state index in [4.69, 9.17) is 22.1 Å². The van der Waals surface area contributed by atoms with Gasteiger partial charge in [-0.1, -0.05) is 23.7 Å². The average molecular weight is 568 g/mol. The van der Waals surface area contributed by atoms with Crippen LogP contribution in [0.3, 0.4) is 0 Å². The summed E-state index contributed by atoms with van der Waals surface area (Å²) in [5.41, 5.74) is 7.07. The summed E-state index contributed by atoms with van der Waals surface area (Å²) in [6, 6.07) is 8.37. The van der Waals surface area contributed by atoms with E-state index in [0.29, 0.717) is 49.4 Å². The zero-order valence-electron chi connectivity index (χ0n) is 20.6. The highest BCUT2D eigenvalue weighted by atomic mass is 35.5. The highest BCUT2D eigenvalue weighted by Gasteiger charge is 2.22. The number of anilines is 2. The molecule has 1 aliphatic heterocycles. The molecule has 1 atom stereocenters. The number of nitrogens with one attached hydrogen (secondary N) is 1. The Morgan fingerprint density at radius 3 is 2.53 bits per heavy atom. The van der Waals surface area contributed by atoms with Gasteiger partial charge < -0.3 is 20.5 Å². The maximum Gasteiger partial charge on any atom is 0.258 e. The molecule has 0 aliphatic carbocycles. The first-order chi connectivity index (χ1) is 18.0. The van der Waals surface area contributed by atoms with Gasteiger partial charge in [0.15, 0.2) is 5.82 Å². The van der Waals surface area contributed by atoms with Crippen molar-refractivity contribution in [1.29, 1.82) is 0 Å². The fraction of sp³-hybridized carbons (Fsp3) is 0.360. The summed E-state index contributed by atoms with van der Waals surface area (Å²) in [4.78, 5) is 10.4. The lowest BCUT2D eigenvalue weighted by atomic mass is 10.1. The third-order valence-corrected chi connectivity index (χ3v) is 7.88. The Bertz CT molecular complexity index is 1390. The number of nitrogens with zero attached hydrogens (tertiary/aromatic N) is 3. The van der Waals surface area contributed by atoms with E-state index in [1.54, 1.807) is 24.3 Å². The molecule has 2 heterocycles. The van der Waals surface area contributed by atoms with Crippen LogP contribution in [-0.4, -0.2) is 59.9 Å². The van der Waals surface area contributed by atoms with Crippen molar-refractivity contribution in [2.45, 2.75) is 32.0 Å². The molecule has 2 aromatic carbocycles. The van der Waals surface area contributed by atoms with Gasteiger partial charge >= 0.3 is 0 Å². The van der Waals surface area contributed by atoms with Crippen LogP contribution in [0.1, 0.15) is 31.4 Å². The summed E-state index contributed by atoms with van der Waals surface area (Å²) < 4.78 is 61.4. The summed E-state index contributed by atoms with van der Waals surface area (Å²) in [5, 5.41) is 9.19. The first-order valence-electron chi connectivity index (χ1n) is 12.0. The van der Waals surface area contributed by atoms with Crippen molar-refractivity contribution >= 4 is 33.1 Å². The molecule has 204 valence electrons. The normalized spacial score (nSPS) is 15.8. The van der Waals surface area contributed by atoms with E-state index in [-0.39, 0.29) is 29.1 Å². The molecule has 3 aromatic rings. The molecule has 0 bridgehead atoms. The van der Waals surface area contributed by atoms with Gasteiger partial charge in [-0.2, -0.15) is 0 Å². The number of benzene rings is 2. The van der Waals surface area contributed by atoms with Crippen LogP contribution in [0.5, 0.6) is 5.88 Å². The van der Waals surface area contributed by atoms with Crippen LogP contribution in [0, 0.1) is 11.6 Å². The number of aliphatic hydroxyl groups is 1. The second-order valence-corrected chi connectivity index (χ2v) is 11.3. The molecule has 9 nitrogen and oxygen atoms in total. The average Bonchev–Trinajstić information content (AvgIpc) is 2.88. The molecule has 1 unspecified atom stereocenters. The van der Waals surface area contributed by atoms with Crippen LogP contribution >= 0.6 is 11.6 Å². The lowest BCUT2D eigenvalue weighted by Crippen LogP contribution is -2.39. The van der Waals surface area contributed by atoms with Crippen molar-refractivity contribution in [1.82, 2.24) is 14.9 Å². The number of nitrogen functional groups attached to an aromatic ring is 1. The largest absolute Gasteiger partial charge is 0.467 e. The second-order valence-electron chi connectivity index (χ2n) is 9.03. The van der Waals surface area contributed by atoms with Crippen LogP contribution in [0.4, 0.5) is 20.3 Å². The Morgan fingerprint density at radius 1 is 1.18 bits per heavy atom. The van der Waals surface area contributed by atoms with Crippen molar-refractivity contribution in [3.05, 3.63) is 64.8 Å². The quantitative estimate of drug-likeness (QED) is 0.331. The van der Waals surface area contributed by atoms with E-state index >= 15 is 0 Å². The van der Waals surface area contributed by atoms with Gasteiger partial charge in [0.25, 0.3) is 5.88 Å². The van der Waals surface area contributed by atoms with E-state index in [0.717, 1.165) is 12.1 Å². The van der Waals surface area contributed by atoms with Crippen LogP contribution in [0.25, 0.3) is 11.3 Å². The molecule has 4 N–H and O–H groups in total. The van der Waals surface area contributed by atoms with Gasteiger partial charge in [0, 0.05) is 36.4 Å². The number of hydrogen-bond donors (Lipinski definition) is 3. The number of piperidine rings is 1. The summed E-state index contributed by atoms with van der Waals surface area (Å²) >= 11 is 5.93. The molecular formula is C25H28ClF2N5O4S. The predicted molar refractivity (Wildman–Crippen MR) is 141 cm³/mol. The molecule has 1 aromatic heterocycles. The Morgan fingerprint density at radius 2 is 1.84 bits per heavy atom. The summed E-state index contributed by atoms with van der Waals surface area (Å²) in [6.45, 7) is 3.20. The first-order valence-corrected chi connectivity index (χ1v) is 14.0. The monoisotopic (exact) mass is 567 g/mol. The fourth-order valence-electron chi connectivity index (χ4n) is 4.08. The van der Waals surface area contributed by atoms with Crippen LogP contribution in [0.15, 0.2) is 42.6 Å². The van der Waals surface area contributed by atoms with Crippen LogP contribution in [-0.2, 0) is 10.0 Å². The van der Waals surface area contributed by atoms with Crippen molar-refractivity contribution in [3.63, 3.8) is 0 Å². The number of nitrogens with two attached hydrogens (primary N) is 1. The van der Waals surface area contributed by atoms with Crippen LogP contribution < -0.4 is 15.2 Å². The number of halogens is 3. The summed E-state index contributed by atoms with van der Waals surface area (Å²) in [7, 11) is -3.57.